The molecule has 9 heteroatoms. The van der Waals surface area contributed by atoms with Crippen molar-refractivity contribution >= 4 is 34.6 Å². The van der Waals surface area contributed by atoms with Crippen LogP contribution in [0.3, 0.4) is 0 Å². The van der Waals surface area contributed by atoms with Gasteiger partial charge in [0.2, 0.25) is 17.7 Å². The van der Waals surface area contributed by atoms with Crippen LogP contribution >= 0.6 is 0 Å². The monoisotopic (exact) mass is 602 g/mol. The summed E-state index contributed by atoms with van der Waals surface area (Å²) in [5.41, 5.74) is 2.64. The molecule has 3 aromatic rings. The van der Waals surface area contributed by atoms with Gasteiger partial charge < -0.3 is 25.7 Å². The van der Waals surface area contributed by atoms with Crippen molar-refractivity contribution in [2.75, 3.05) is 0 Å². The molecule has 1 aliphatic rings. The highest BCUT2D eigenvalue weighted by molar-refractivity contribution is 5.95. The van der Waals surface area contributed by atoms with Crippen LogP contribution in [0.5, 0.6) is 0 Å². The number of fused-ring (bicyclic) bond motifs is 1. The van der Waals surface area contributed by atoms with E-state index in [1.165, 1.54) is 0 Å². The number of H-pyrrole nitrogens is 1. The summed E-state index contributed by atoms with van der Waals surface area (Å²) in [4.78, 5) is 58.1. The van der Waals surface area contributed by atoms with Gasteiger partial charge in [-0.05, 0) is 41.9 Å². The Labute approximate surface area is 259 Å². The van der Waals surface area contributed by atoms with Crippen molar-refractivity contribution in [3.05, 3.63) is 71.9 Å². The van der Waals surface area contributed by atoms with Gasteiger partial charge in [0.1, 0.15) is 24.2 Å². The lowest BCUT2D eigenvalue weighted by Gasteiger charge is -2.27. The third kappa shape index (κ3) is 8.94. The SMILES string of the molecule is CCCC[C@H](C)[C@@H]1CC(=O)N[C@@H](Cc2c[nH]c3ccccc23)C(=O)N[C@@H](Cc2ccccc2)C(=O)N[C@H](CC(C)C)C(=O)O1. The van der Waals surface area contributed by atoms with Crippen molar-refractivity contribution in [3.8, 4) is 0 Å². The number of benzene rings is 2. The number of para-hydroxylation sites is 1. The third-order valence-electron chi connectivity index (χ3n) is 8.28. The summed E-state index contributed by atoms with van der Waals surface area (Å²) in [6, 6.07) is 14.3. The average Bonchev–Trinajstić information content (AvgIpc) is 3.41. The molecule has 0 unspecified atom stereocenters. The van der Waals surface area contributed by atoms with E-state index in [0.717, 1.165) is 41.3 Å². The molecular formula is C35H46N4O5. The summed E-state index contributed by atoms with van der Waals surface area (Å²) in [7, 11) is 0. The van der Waals surface area contributed by atoms with Crippen LogP contribution in [-0.2, 0) is 36.8 Å². The Balaban J connectivity index is 1.70. The van der Waals surface area contributed by atoms with Crippen LogP contribution in [-0.4, -0.2) is 52.9 Å². The largest absolute Gasteiger partial charge is 0.460 e. The molecule has 1 aromatic heterocycles. The predicted molar refractivity (Wildman–Crippen MR) is 171 cm³/mol. The zero-order valence-corrected chi connectivity index (χ0v) is 26.2. The van der Waals surface area contributed by atoms with Crippen LogP contribution in [0, 0.1) is 11.8 Å². The standard InChI is InChI=1S/C35H46N4O5/c1-5-6-12-23(4)31-20-32(40)37-29(19-25-21-36-27-16-11-10-15-26(25)27)34(42)38-28(18-24-13-8-7-9-14-24)33(41)39-30(17-22(2)3)35(43)44-31/h7-11,13-16,21-23,28-31,36H,5-6,12,17-20H2,1-4H3,(H,37,40)(H,38,42)(H,39,41)/t23-,28-,29-,30+,31-/m0/s1. The van der Waals surface area contributed by atoms with Crippen molar-refractivity contribution in [2.45, 2.75) is 96.9 Å². The third-order valence-corrected chi connectivity index (χ3v) is 8.28. The molecule has 1 aliphatic heterocycles. The van der Waals surface area contributed by atoms with Gasteiger partial charge in [0.25, 0.3) is 0 Å². The van der Waals surface area contributed by atoms with Crippen molar-refractivity contribution in [3.63, 3.8) is 0 Å². The van der Waals surface area contributed by atoms with Gasteiger partial charge in [0, 0.05) is 29.9 Å². The van der Waals surface area contributed by atoms with Gasteiger partial charge in [-0.1, -0.05) is 89.1 Å². The molecule has 9 nitrogen and oxygen atoms in total. The minimum atomic E-state index is -0.977. The molecule has 1 fully saturated rings. The quantitative estimate of drug-likeness (QED) is 0.252. The van der Waals surface area contributed by atoms with E-state index in [9.17, 15) is 19.2 Å². The highest BCUT2D eigenvalue weighted by atomic mass is 16.5. The number of rotatable bonds is 10. The molecule has 236 valence electrons. The number of carbonyl (C=O) groups excluding carboxylic acids is 4. The second-order valence-electron chi connectivity index (χ2n) is 12.4. The zero-order valence-electron chi connectivity index (χ0n) is 26.2. The Morgan fingerprint density at radius 2 is 1.48 bits per heavy atom. The maximum absolute atomic E-state index is 13.9. The molecule has 0 spiro atoms. The van der Waals surface area contributed by atoms with Crippen LogP contribution < -0.4 is 16.0 Å². The fourth-order valence-corrected chi connectivity index (χ4v) is 5.76. The first kappa shape index (κ1) is 32.8. The number of cyclic esters (lactones) is 1. The van der Waals surface area contributed by atoms with Crippen molar-refractivity contribution in [1.82, 2.24) is 20.9 Å². The van der Waals surface area contributed by atoms with E-state index in [1.807, 2.05) is 81.6 Å². The maximum atomic E-state index is 13.9. The summed E-state index contributed by atoms with van der Waals surface area (Å²) in [6.07, 6.45) is 4.53. The van der Waals surface area contributed by atoms with Crippen molar-refractivity contribution < 1.29 is 23.9 Å². The summed E-state index contributed by atoms with van der Waals surface area (Å²) in [5, 5.41) is 9.66. The minimum absolute atomic E-state index is 0.0793. The summed E-state index contributed by atoms with van der Waals surface area (Å²) >= 11 is 0. The fraction of sp³-hybridized carbons (Fsp3) is 0.486. The lowest BCUT2D eigenvalue weighted by Crippen LogP contribution is -2.56. The van der Waals surface area contributed by atoms with Gasteiger partial charge in [-0.15, -0.1) is 0 Å². The molecule has 0 aliphatic carbocycles. The van der Waals surface area contributed by atoms with Gasteiger partial charge in [-0.3, -0.25) is 14.4 Å². The summed E-state index contributed by atoms with van der Waals surface area (Å²) < 4.78 is 6.01. The second-order valence-corrected chi connectivity index (χ2v) is 12.4. The molecular weight excluding hydrogens is 556 g/mol. The van der Waals surface area contributed by atoms with Crippen LogP contribution in [0.15, 0.2) is 60.8 Å². The van der Waals surface area contributed by atoms with Crippen molar-refractivity contribution in [1.29, 1.82) is 0 Å². The van der Waals surface area contributed by atoms with Crippen LogP contribution in [0.4, 0.5) is 0 Å². The number of hydrogen-bond donors (Lipinski definition) is 4. The number of amides is 3. The maximum Gasteiger partial charge on any atom is 0.328 e. The van der Waals surface area contributed by atoms with E-state index in [4.69, 9.17) is 4.74 Å². The molecule has 0 radical (unpaired) electrons. The van der Waals surface area contributed by atoms with Crippen LogP contribution in [0.1, 0.15) is 70.9 Å². The Kier molecular flexibility index (Phi) is 11.6. The highest BCUT2D eigenvalue weighted by Crippen LogP contribution is 2.22. The number of hydrogen-bond acceptors (Lipinski definition) is 5. The molecule has 2 aromatic carbocycles. The average molecular weight is 603 g/mol. The van der Waals surface area contributed by atoms with E-state index in [-0.39, 0.29) is 37.0 Å². The first-order valence-corrected chi connectivity index (χ1v) is 15.8. The number of aromatic amines is 1. The van der Waals surface area contributed by atoms with Gasteiger partial charge in [0.15, 0.2) is 0 Å². The summed E-state index contributed by atoms with van der Waals surface area (Å²) in [6.45, 7) is 7.99. The van der Waals surface area contributed by atoms with E-state index >= 15 is 0 Å². The number of unbranched alkanes of at least 4 members (excludes halogenated alkanes) is 1. The van der Waals surface area contributed by atoms with Gasteiger partial charge in [-0.25, -0.2) is 4.79 Å². The van der Waals surface area contributed by atoms with E-state index in [1.54, 1.807) is 0 Å². The van der Waals surface area contributed by atoms with Gasteiger partial charge >= 0.3 is 5.97 Å². The Morgan fingerprint density at radius 3 is 2.18 bits per heavy atom. The Bertz CT molecular complexity index is 1420. The van der Waals surface area contributed by atoms with Crippen molar-refractivity contribution in [2.24, 2.45) is 11.8 Å². The van der Waals surface area contributed by atoms with E-state index < -0.39 is 42.0 Å². The molecule has 1 saturated heterocycles. The molecule has 4 rings (SSSR count). The number of nitrogens with one attached hydrogen (secondary N) is 4. The molecule has 5 atom stereocenters. The number of ether oxygens (including phenoxy) is 1. The molecule has 4 N–H and O–H groups in total. The molecule has 3 amide bonds. The van der Waals surface area contributed by atoms with Crippen LogP contribution in [0.25, 0.3) is 10.9 Å². The Morgan fingerprint density at radius 1 is 0.818 bits per heavy atom. The second kappa shape index (κ2) is 15.5. The lowest BCUT2D eigenvalue weighted by atomic mass is 9.95. The molecule has 0 bridgehead atoms. The first-order chi connectivity index (χ1) is 21.1. The summed E-state index contributed by atoms with van der Waals surface area (Å²) in [5.74, 6) is -1.89. The van der Waals surface area contributed by atoms with E-state index in [0.29, 0.717) is 6.42 Å². The van der Waals surface area contributed by atoms with E-state index in [2.05, 4.69) is 27.9 Å². The highest BCUT2D eigenvalue weighted by Gasteiger charge is 2.35. The molecule has 0 saturated carbocycles. The lowest BCUT2D eigenvalue weighted by molar-refractivity contribution is -0.157. The predicted octanol–water partition coefficient (Wildman–Crippen LogP) is 4.60. The van der Waals surface area contributed by atoms with Crippen LogP contribution in [0.2, 0.25) is 0 Å². The first-order valence-electron chi connectivity index (χ1n) is 15.8. The number of aromatic nitrogens is 1. The normalized spacial score (nSPS) is 22.7. The topological polar surface area (TPSA) is 129 Å². The Hall–Kier alpha value is -4.14. The molecule has 2 heterocycles. The number of carbonyl (C=O) groups is 4. The van der Waals surface area contributed by atoms with Gasteiger partial charge in [-0.2, -0.15) is 0 Å². The number of esters is 1. The smallest absolute Gasteiger partial charge is 0.328 e. The fourth-order valence-electron chi connectivity index (χ4n) is 5.76. The minimum Gasteiger partial charge on any atom is -0.460 e. The zero-order chi connectivity index (χ0) is 31.6. The van der Waals surface area contributed by atoms with Gasteiger partial charge in [0.05, 0.1) is 6.42 Å². The molecule has 44 heavy (non-hydrogen) atoms.